The highest BCUT2D eigenvalue weighted by Gasteiger charge is 2.15. The van der Waals surface area contributed by atoms with E-state index in [0.717, 1.165) is 22.6 Å². The van der Waals surface area contributed by atoms with E-state index in [1.54, 1.807) is 6.92 Å². The van der Waals surface area contributed by atoms with E-state index in [1.807, 2.05) is 35.5 Å². The summed E-state index contributed by atoms with van der Waals surface area (Å²) in [6.45, 7) is 10.2. The van der Waals surface area contributed by atoms with Crippen LogP contribution in [0.25, 0.3) is 0 Å². The van der Waals surface area contributed by atoms with Gasteiger partial charge in [0.2, 0.25) is 0 Å². The summed E-state index contributed by atoms with van der Waals surface area (Å²) in [5.41, 5.74) is 3.37. The van der Waals surface area contributed by atoms with E-state index >= 15 is 0 Å². The highest BCUT2D eigenvalue weighted by Crippen LogP contribution is 2.15. The van der Waals surface area contributed by atoms with Gasteiger partial charge in [0.15, 0.2) is 5.78 Å². The van der Waals surface area contributed by atoms with E-state index < -0.39 is 0 Å². The molecule has 0 bridgehead atoms. The molecule has 0 aromatic carbocycles. The zero-order chi connectivity index (χ0) is 14.2. The van der Waals surface area contributed by atoms with Gasteiger partial charge >= 0.3 is 0 Å². The van der Waals surface area contributed by atoms with Crippen LogP contribution < -0.4 is 0 Å². The summed E-state index contributed by atoms with van der Waals surface area (Å²) in [6.07, 6.45) is 1.97. The Balaban J connectivity index is 2.28. The standard InChI is InChI=1S/C14H20N4O/c1-9(2)17-7-6-13(16-17)8-18-11(4)14(12(5)19)10(3)15-18/h6-7,9H,8H2,1-5H3. The minimum atomic E-state index is 0.0639. The van der Waals surface area contributed by atoms with Crippen molar-refractivity contribution in [1.82, 2.24) is 19.6 Å². The molecule has 0 atom stereocenters. The van der Waals surface area contributed by atoms with E-state index in [4.69, 9.17) is 0 Å². The fourth-order valence-corrected chi connectivity index (χ4v) is 2.26. The maximum absolute atomic E-state index is 11.6. The Hall–Kier alpha value is -1.91. The fourth-order valence-electron chi connectivity index (χ4n) is 2.26. The van der Waals surface area contributed by atoms with E-state index in [1.165, 1.54) is 0 Å². The minimum absolute atomic E-state index is 0.0639. The van der Waals surface area contributed by atoms with Crippen LogP contribution >= 0.6 is 0 Å². The van der Waals surface area contributed by atoms with Crippen molar-refractivity contribution in [3.05, 3.63) is 34.9 Å². The Morgan fingerprint density at radius 1 is 1.32 bits per heavy atom. The lowest BCUT2D eigenvalue weighted by atomic mass is 10.1. The van der Waals surface area contributed by atoms with Gasteiger partial charge in [-0.2, -0.15) is 10.2 Å². The van der Waals surface area contributed by atoms with E-state index in [0.29, 0.717) is 12.6 Å². The van der Waals surface area contributed by atoms with Crippen molar-refractivity contribution in [3.63, 3.8) is 0 Å². The molecule has 102 valence electrons. The van der Waals surface area contributed by atoms with Crippen LogP contribution in [0.5, 0.6) is 0 Å². The maximum Gasteiger partial charge on any atom is 0.163 e. The molecule has 0 saturated carbocycles. The minimum Gasteiger partial charge on any atom is -0.294 e. The van der Waals surface area contributed by atoms with Crippen molar-refractivity contribution in [2.45, 2.75) is 47.2 Å². The van der Waals surface area contributed by atoms with Gasteiger partial charge in [-0.3, -0.25) is 14.2 Å². The highest BCUT2D eigenvalue weighted by molar-refractivity contribution is 5.96. The second-order valence-corrected chi connectivity index (χ2v) is 5.14. The summed E-state index contributed by atoms with van der Waals surface area (Å²) < 4.78 is 3.77. The molecule has 0 fully saturated rings. The molecule has 2 heterocycles. The smallest absolute Gasteiger partial charge is 0.163 e. The van der Waals surface area contributed by atoms with Crippen molar-refractivity contribution in [1.29, 1.82) is 0 Å². The molecule has 5 heteroatoms. The molecule has 0 amide bonds. The molecule has 0 aliphatic heterocycles. The second-order valence-electron chi connectivity index (χ2n) is 5.14. The Bertz CT molecular complexity index is 607. The molecular weight excluding hydrogens is 240 g/mol. The van der Waals surface area contributed by atoms with Gasteiger partial charge in [0, 0.05) is 17.9 Å². The van der Waals surface area contributed by atoms with Gasteiger partial charge in [-0.15, -0.1) is 0 Å². The summed E-state index contributed by atoms with van der Waals surface area (Å²) in [4.78, 5) is 11.6. The van der Waals surface area contributed by atoms with Gasteiger partial charge in [0.25, 0.3) is 0 Å². The molecule has 0 unspecified atom stereocenters. The van der Waals surface area contributed by atoms with Crippen LogP contribution in [-0.4, -0.2) is 25.3 Å². The number of carbonyl (C=O) groups is 1. The Morgan fingerprint density at radius 2 is 2.00 bits per heavy atom. The quantitative estimate of drug-likeness (QED) is 0.794. The van der Waals surface area contributed by atoms with Gasteiger partial charge in [0.05, 0.1) is 23.5 Å². The van der Waals surface area contributed by atoms with E-state index in [9.17, 15) is 4.79 Å². The largest absolute Gasteiger partial charge is 0.294 e. The first-order valence-corrected chi connectivity index (χ1v) is 6.49. The van der Waals surface area contributed by atoms with Crippen molar-refractivity contribution in [2.24, 2.45) is 0 Å². The molecule has 5 nitrogen and oxygen atoms in total. The van der Waals surface area contributed by atoms with Crippen molar-refractivity contribution in [3.8, 4) is 0 Å². The second kappa shape index (κ2) is 4.99. The summed E-state index contributed by atoms with van der Waals surface area (Å²) in [5.74, 6) is 0.0639. The lowest BCUT2D eigenvalue weighted by Crippen LogP contribution is -2.07. The third-order valence-electron chi connectivity index (χ3n) is 3.24. The van der Waals surface area contributed by atoms with Gasteiger partial charge in [0.1, 0.15) is 0 Å². The summed E-state index contributed by atoms with van der Waals surface area (Å²) >= 11 is 0. The predicted molar refractivity (Wildman–Crippen MR) is 73.4 cm³/mol. The van der Waals surface area contributed by atoms with Crippen molar-refractivity contribution in [2.75, 3.05) is 0 Å². The topological polar surface area (TPSA) is 52.7 Å². The number of carbonyl (C=O) groups excluding carboxylic acids is 1. The molecule has 0 aliphatic rings. The molecule has 2 aromatic rings. The lowest BCUT2D eigenvalue weighted by molar-refractivity contribution is 0.101. The number of rotatable bonds is 4. The van der Waals surface area contributed by atoms with Crippen LogP contribution in [0.15, 0.2) is 12.3 Å². The van der Waals surface area contributed by atoms with Crippen molar-refractivity contribution < 1.29 is 4.79 Å². The number of nitrogens with zero attached hydrogens (tertiary/aromatic N) is 4. The third-order valence-corrected chi connectivity index (χ3v) is 3.24. The van der Waals surface area contributed by atoms with Gasteiger partial charge < -0.3 is 0 Å². The van der Waals surface area contributed by atoms with E-state index in [2.05, 4.69) is 24.0 Å². The van der Waals surface area contributed by atoms with E-state index in [-0.39, 0.29) is 5.78 Å². The lowest BCUT2D eigenvalue weighted by Gasteiger charge is -2.05. The summed E-state index contributed by atoms with van der Waals surface area (Å²) in [6, 6.07) is 2.34. The van der Waals surface area contributed by atoms with Crippen LogP contribution in [0.2, 0.25) is 0 Å². The number of hydrogen-bond donors (Lipinski definition) is 0. The fraction of sp³-hybridized carbons (Fsp3) is 0.500. The summed E-state index contributed by atoms with van der Waals surface area (Å²) in [7, 11) is 0. The molecular formula is C14H20N4O. The van der Waals surface area contributed by atoms with Crippen LogP contribution in [0, 0.1) is 13.8 Å². The van der Waals surface area contributed by atoms with Gasteiger partial charge in [-0.25, -0.2) is 0 Å². The van der Waals surface area contributed by atoms with Crippen molar-refractivity contribution >= 4 is 5.78 Å². The first kappa shape index (κ1) is 13.5. The SMILES string of the molecule is CC(=O)c1c(C)nn(Cc2ccn(C(C)C)n2)c1C. The number of ketones is 1. The van der Waals surface area contributed by atoms with Gasteiger partial charge in [-0.05, 0) is 40.7 Å². The first-order chi connectivity index (χ1) is 8.90. The molecule has 0 aliphatic carbocycles. The molecule has 0 radical (unpaired) electrons. The molecule has 19 heavy (non-hydrogen) atoms. The number of Topliss-reactive ketones (excluding diaryl/α,β-unsaturated/α-hetero) is 1. The first-order valence-electron chi connectivity index (χ1n) is 6.49. The average Bonchev–Trinajstić information content (AvgIpc) is 2.85. The Kier molecular flexibility index (Phi) is 3.55. The molecule has 0 N–H and O–H groups in total. The van der Waals surface area contributed by atoms with Crippen LogP contribution in [0.3, 0.4) is 0 Å². The third kappa shape index (κ3) is 2.59. The number of aryl methyl sites for hydroxylation is 1. The normalized spacial score (nSPS) is 11.3. The molecule has 0 saturated heterocycles. The zero-order valence-electron chi connectivity index (χ0n) is 12.1. The van der Waals surface area contributed by atoms with Crippen LogP contribution in [-0.2, 0) is 6.54 Å². The summed E-state index contributed by atoms with van der Waals surface area (Å²) in [5, 5.41) is 8.93. The number of hydrogen-bond acceptors (Lipinski definition) is 3. The number of aromatic nitrogens is 4. The predicted octanol–water partition coefficient (Wildman–Crippen LogP) is 2.53. The van der Waals surface area contributed by atoms with Crippen LogP contribution in [0.1, 0.15) is 54.3 Å². The Morgan fingerprint density at radius 3 is 2.47 bits per heavy atom. The monoisotopic (exact) mass is 260 g/mol. The highest BCUT2D eigenvalue weighted by atomic mass is 16.1. The average molecular weight is 260 g/mol. The molecule has 2 aromatic heterocycles. The van der Waals surface area contributed by atoms with Gasteiger partial charge in [-0.1, -0.05) is 0 Å². The van der Waals surface area contributed by atoms with Crippen LogP contribution in [0.4, 0.5) is 0 Å². The zero-order valence-corrected chi connectivity index (χ0v) is 12.1. The molecule has 2 rings (SSSR count). The maximum atomic E-state index is 11.6. The Labute approximate surface area is 113 Å². The molecule has 0 spiro atoms.